The van der Waals surface area contributed by atoms with E-state index in [1.54, 1.807) is 5.57 Å². The SMILES string of the molecule is C=C1CC[C@H](O)C/C1=C/C=C1\CCC[C@@]2(C)[C@@H]1CC[C@@H]2[C@H](C)/C=C/[C@H](C)C(C)(C)O. The number of aliphatic hydroxyl groups excluding tert-OH is 1. The summed E-state index contributed by atoms with van der Waals surface area (Å²) in [6.45, 7) is 15.0. The molecule has 3 rings (SSSR count). The molecule has 6 atom stereocenters. The van der Waals surface area contributed by atoms with E-state index in [1.807, 2.05) is 13.8 Å². The fraction of sp³-hybridized carbons (Fsp3) is 0.714. The third-order valence-electron chi connectivity index (χ3n) is 8.68. The summed E-state index contributed by atoms with van der Waals surface area (Å²) in [5.41, 5.74) is 3.78. The van der Waals surface area contributed by atoms with Crippen molar-refractivity contribution >= 4 is 0 Å². The number of rotatable bonds is 5. The molecule has 0 heterocycles. The zero-order valence-corrected chi connectivity index (χ0v) is 20.0. The van der Waals surface area contributed by atoms with Gasteiger partial charge in [-0.3, -0.25) is 0 Å². The summed E-state index contributed by atoms with van der Waals surface area (Å²) in [7, 11) is 0. The van der Waals surface area contributed by atoms with Crippen LogP contribution in [-0.2, 0) is 0 Å². The Bertz CT molecular complexity index is 719. The normalized spacial score (nSPS) is 37.7. The van der Waals surface area contributed by atoms with Crippen LogP contribution < -0.4 is 0 Å². The van der Waals surface area contributed by atoms with Crippen molar-refractivity contribution in [3.05, 3.63) is 47.6 Å². The first-order valence-electron chi connectivity index (χ1n) is 12.2. The van der Waals surface area contributed by atoms with Gasteiger partial charge in [-0.05, 0) is 94.0 Å². The summed E-state index contributed by atoms with van der Waals surface area (Å²) in [6, 6.07) is 0. The monoisotopic (exact) mass is 412 g/mol. The molecular weight excluding hydrogens is 368 g/mol. The van der Waals surface area contributed by atoms with Crippen LogP contribution in [-0.4, -0.2) is 21.9 Å². The van der Waals surface area contributed by atoms with Gasteiger partial charge >= 0.3 is 0 Å². The largest absolute Gasteiger partial charge is 0.393 e. The molecule has 3 aliphatic rings. The summed E-state index contributed by atoms with van der Waals surface area (Å²) in [5.74, 6) is 2.08. The Morgan fingerprint density at radius 3 is 2.53 bits per heavy atom. The zero-order valence-electron chi connectivity index (χ0n) is 20.0. The quantitative estimate of drug-likeness (QED) is 0.490. The number of fused-ring (bicyclic) bond motifs is 1. The second-order valence-electron chi connectivity index (χ2n) is 11.2. The fourth-order valence-corrected chi connectivity index (χ4v) is 6.25. The number of hydrogen-bond donors (Lipinski definition) is 2. The summed E-state index contributed by atoms with van der Waals surface area (Å²) in [5, 5.41) is 20.3. The highest BCUT2D eigenvalue weighted by Gasteiger charge is 2.50. The average Bonchev–Trinajstić information content (AvgIpc) is 3.03. The van der Waals surface area contributed by atoms with Gasteiger partial charge in [-0.1, -0.05) is 62.8 Å². The lowest BCUT2D eigenvalue weighted by atomic mass is 9.61. The Morgan fingerprint density at radius 2 is 1.83 bits per heavy atom. The lowest BCUT2D eigenvalue weighted by Gasteiger charge is -2.44. The first-order chi connectivity index (χ1) is 14.0. The molecule has 0 unspecified atom stereocenters. The molecule has 0 aromatic carbocycles. The van der Waals surface area contributed by atoms with Gasteiger partial charge in [-0.25, -0.2) is 0 Å². The molecule has 0 aliphatic heterocycles. The summed E-state index contributed by atoms with van der Waals surface area (Å²) in [4.78, 5) is 0. The Morgan fingerprint density at radius 1 is 1.10 bits per heavy atom. The average molecular weight is 413 g/mol. The number of aliphatic hydroxyl groups is 2. The Labute approximate surface area is 184 Å². The van der Waals surface area contributed by atoms with Crippen molar-refractivity contribution in [1.82, 2.24) is 0 Å². The fourth-order valence-electron chi connectivity index (χ4n) is 6.25. The van der Waals surface area contributed by atoms with Gasteiger partial charge in [0.2, 0.25) is 0 Å². The van der Waals surface area contributed by atoms with Crippen LogP contribution in [0.15, 0.2) is 47.6 Å². The van der Waals surface area contributed by atoms with E-state index in [-0.39, 0.29) is 12.0 Å². The molecule has 168 valence electrons. The molecule has 0 amide bonds. The topological polar surface area (TPSA) is 40.5 Å². The maximum Gasteiger partial charge on any atom is 0.0651 e. The first-order valence-corrected chi connectivity index (χ1v) is 12.2. The molecule has 3 saturated carbocycles. The highest BCUT2D eigenvalue weighted by molar-refractivity contribution is 5.36. The highest BCUT2D eigenvalue weighted by Crippen LogP contribution is 2.59. The van der Waals surface area contributed by atoms with Gasteiger partial charge in [-0.2, -0.15) is 0 Å². The van der Waals surface area contributed by atoms with Crippen LogP contribution in [0.25, 0.3) is 0 Å². The van der Waals surface area contributed by atoms with Crippen LogP contribution in [0.5, 0.6) is 0 Å². The van der Waals surface area contributed by atoms with Gasteiger partial charge in [0.1, 0.15) is 0 Å². The van der Waals surface area contributed by atoms with Crippen molar-refractivity contribution in [3.63, 3.8) is 0 Å². The van der Waals surface area contributed by atoms with Crippen LogP contribution >= 0.6 is 0 Å². The smallest absolute Gasteiger partial charge is 0.0651 e. The van der Waals surface area contributed by atoms with E-state index in [1.165, 1.54) is 43.3 Å². The summed E-state index contributed by atoms with van der Waals surface area (Å²) < 4.78 is 0. The molecule has 3 fully saturated rings. The van der Waals surface area contributed by atoms with Gasteiger partial charge in [0, 0.05) is 5.92 Å². The Kier molecular flexibility index (Phi) is 7.19. The molecule has 0 saturated heterocycles. The van der Waals surface area contributed by atoms with Gasteiger partial charge in [-0.15, -0.1) is 0 Å². The van der Waals surface area contributed by atoms with Crippen LogP contribution in [0.1, 0.15) is 86.0 Å². The number of hydrogen-bond acceptors (Lipinski definition) is 2. The van der Waals surface area contributed by atoms with E-state index >= 15 is 0 Å². The van der Waals surface area contributed by atoms with Gasteiger partial charge in [0.05, 0.1) is 11.7 Å². The van der Waals surface area contributed by atoms with Crippen molar-refractivity contribution in [2.45, 2.75) is 97.7 Å². The second kappa shape index (κ2) is 9.17. The summed E-state index contributed by atoms with van der Waals surface area (Å²) in [6.07, 6.45) is 18.0. The molecule has 0 aromatic rings. The van der Waals surface area contributed by atoms with Crippen LogP contribution in [0, 0.1) is 29.1 Å². The summed E-state index contributed by atoms with van der Waals surface area (Å²) >= 11 is 0. The minimum Gasteiger partial charge on any atom is -0.393 e. The van der Waals surface area contributed by atoms with E-state index in [4.69, 9.17) is 0 Å². The number of allylic oxidation sites excluding steroid dienone is 5. The van der Waals surface area contributed by atoms with E-state index in [0.29, 0.717) is 23.2 Å². The van der Waals surface area contributed by atoms with Crippen LogP contribution in [0.3, 0.4) is 0 Å². The van der Waals surface area contributed by atoms with E-state index in [2.05, 4.69) is 51.7 Å². The molecule has 0 bridgehead atoms. The maximum absolute atomic E-state index is 10.3. The van der Waals surface area contributed by atoms with Crippen LogP contribution in [0.2, 0.25) is 0 Å². The van der Waals surface area contributed by atoms with Gasteiger partial charge in [0.15, 0.2) is 0 Å². The predicted octanol–water partition coefficient (Wildman–Crippen LogP) is 6.76. The lowest BCUT2D eigenvalue weighted by molar-refractivity contribution is 0.0436. The minimum absolute atomic E-state index is 0.164. The molecule has 0 aromatic heterocycles. The van der Waals surface area contributed by atoms with E-state index in [9.17, 15) is 10.2 Å². The van der Waals surface area contributed by atoms with Gasteiger partial charge < -0.3 is 10.2 Å². The standard InChI is InChI=1S/C28H44O2/c1-19-10-14-24(29)18-23(19)13-12-22-8-7-17-28(6)25(15-16-26(22)28)20(2)9-11-21(3)27(4,5)30/h9,11-13,20-21,24-26,29-30H,1,7-8,10,14-18H2,2-6H3/b11-9+,22-12+,23-13-/t20-,21+,24+,25-,26-,28-/m1/s1. The maximum atomic E-state index is 10.3. The molecular formula is C28H44O2. The van der Waals surface area contributed by atoms with Crippen molar-refractivity contribution < 1.29 is 10.2 Å². The van der Waals surface area contributed by atoms with Crippen molar-refractivity contribution in [2.75, 3.05) is 0 Å². The zero-order chi connectivity index (χ0) is 22.1. The Hall–Kier alpha value is -1.12. The van der Waals surface area contributed by atoms with Crippen molar-refractivity contribution in [3.8, 4) is 0 Å². The van der Waals surface area contributed by atoms with E-state index in [0.717, 1.165) is 19.3 Å². The third kappa shape index (κ3) is 5.02. The molecule has 2 heteroatoms. The Balaban J connectivity index is 1.75. The minimum atomic E-state index is -0.663. The van der Waals surface area contributed by atoms with E-state index < -0.39 is 5.60 Å². The molecule has 3 aliphatic carbocycles. The molecule has 0 radical (unpaired) electrons. The molecule has 0 spiro atoms. The van der Waals surface area contributed by atoms with Crippen molar-refractivity contribution in [2.24, 2.45) is 29.1 Å². The first kappa shape index (κ1) is 23.5. The second-order valence-corrected chi connectivity index (χ2v) is 11.2. The highest BCUT2D eigenvalue weighted by atomic mass is 16.3. The van der Waals surface area contributed by atoms with Gasteiger partial charge in [0.25, 0.3) is 0 Å². The predicted molar refractivity (Wildman–Crippen MR) is 127 cm³/mol. The van der Waals surface area contributed by atoms with Crippen molar-refractivity contribution in [1.29, 1.82) is 0 Å². The molecule has 2 nitrogen and oxygen atoms in total. The van der Waals surface area contributed by atoms with Crippen LogP contribution in [0.4, 0.5) is 0 Å². The third-order valence-corrected chi connectivity index (χ3v) is 8.68. The molecule has 30 heavy (non-hydrogen) atoms. The molecule has 2 N–H and O–H groups in total. The lowest BCUT2D eigenvalue weighted by Crippen LogP contribution is -2.35.